The van der Waals surface area contributed by atoms with Crippen LogP contribution in [-0.4, -0.2) is 4.98 Å². The van der Waals surface area contributed by atoms with Crippen LogP contribution in [0.2, 0.25) is 0 Å². The Morgan fingerprint density at radius 1 is 1.00 bits per heavy atom. The van der Waals surface area contributed by atoms with Gasteiger partial charge in [0, 0.05) is 6.20 Å². The first-order chi connectivity index (χ1) is 9.25. The van der Waals surface area contributed by atoms with Gasteiger partial charge in [0.05, 0.1) is 5.39 Å². The maximum absolute atomic E-state index is 6.01. The average Bonchev–Trinajstić information content (AvgIpc) is 2.83. The molecule has 2 heteroatoms. The summed E-state index contributed by atoms with van der Waals surface area (Å²) in [7, 11) is 0. The number of nitrogens with zero attached hydrogens (tertiary/aromatic N) is 1. The molecule has 0 fully saturated rings. The first-order valence-electron chi connectivity index (χ1n) is 6.42. The van der Waals surface area contributed by atoms with E-state index in [-0.39, 0.29) is 0 Å². The fraction of sp³-hybridized carbons (Fsp3) is 0.118. The molecule has 92 valence electrons. The molecule has 2 aromatic carbocycles. The van der Waals surface area contributed by atoms with Gasteiger partial charge in [0.15, 0.2) is 5.58 Å². The second-order valence-corrected chi connectivity index (χ2v) is 5.01. The van der Waals surface area contributed by atoms with E-state index in [1.807, 2.05) is 12.3 Å². The number of benzene rings is 2. The van der Waals surface area contributed by atoms with Crippen LogP contribution in [0, 0.1) is 13.8 Å². The topological polar surface area (TPSA) is 26.0 Å². The van der Waals surface area contributed by atoms with Gasteiger partial charge in [-0.25, -0.2) is 0 Å². The molecule has 0 bridgehead atoms. The maximum Gasteiger partial charge on any atom is 0.157 e. The van der Waals surface area contributed by atoms with Crippen LogP contribution in [0.4, 0.5) is 0 Å². The molecule has 2 aromatic heterocycles. The van der Waals surface area contributed by atoms with E-state index in [4.69, 9.17) is 4.42 Å². The molecule has 0 saturated carbocycles. The van der Waals surface area contributed by atoms with Crippen LogP contribution in [-0.2, 0) is 0 Å². The van der Waals surface area contributed by atoms with Crippen molar-refractivity contribution in [2.75, 3.05) is 0 Å². The van der Waals surface area contributed by atoms with E-state index in [2.05, 4.69) is 49.2 Å². The highest BCUT2D eigenvalue weighted by molar-refractivity contribution is 6.17. The highest BCUT2D eigenvalue weighted by atomic mass is 16.3. The van der Waals surface area contributed by atoms with Gasteiger partial charge >= 0.3 is 0 Å². The molecule has 19 heavy (non-hydrogen) atoms. The van der Waals surface area contributed by atoms with E-state index in [0.29, 0.717) is 0 Å². The zero-order valence-corrected chi connectivity index (χ0v) is 10.9. The highest BCUT2D eigenvalue weighted by Gasteiger charge is 2.13. The Hall–Kier alpha value is -2.35. The van der Waals surface area contributed by atoms with Crippen molar-refractivity contribution in [3.63, 3.8) is 0 Å². The van der Waals surface area contributed by atoms with Gasteiger partial charge in [-0.3, -0.25) is 4.98 Å². The van der Waals surface area contributed by atoms with Crippen molar-refractivity contribution in [3.8, 4) is 0 Å². The Morgan fingerprint density at radius 3 is 2.74 bits per heavy atom. The molecule has 0 aliphatic heterocycles. The molecule has 0 N–H and O–H groups in total. The Bertz CT molecular complexity index is 934. The summed E-state index contributed by atoms with van der Waals surface area (Å²) in [4.78, 5) is 4.59. The van der Waals surface area contributed by atoms with Crippen LogP contribution in [0.25, 0.3) is 32.8 Å². The minimum absolute atomic E-state index is 0.909. The van der Waals surface area contributed by atoms with Crippen molar-refractivity contribution in [1.29, 1.82) is 0 Å². The molecule has 0 saturated heterocycles. The summed E-state index contributed by atoms with van der Waals surface area (Å²) in [6.07, 6.45) is 1.92. The summed E-state index contributed by atoms with van der Waals surface area (Å²) < 4.78 is 6.01. The Morgan fingerprint density at radius 2 is 1.84 bits per heavy atom. The molecule has 0 unspecified atom stereocenters. The number of rotatable bonds is 0. The van der Waals surface area contributed by atoms with Crippen molar-refractivity contribution in [2.45, 2.75) is 13.8 Å². The largest absolute Gasteiger partial charge is 0.454 e. The number of hydrogen-bond acceptors (Lipinski definition) is 2. The van der Waals surface area contributed by atoms with Crippen LogP contribution >= 0.6 is 0 Å². The molecule has 4 aromatic rings. The molecule has 2 nitrogen and oxygen atoms in total. The third kappa shape index (κ3) is 1.34. The van der Waals surface area contributed by atoms with E-state index in [0.717, 1.165) is 27.6 Å². The molecule has 0 aliphatic carbocycles. The predicted molar refractivity (Wildman–Crippen MR) is 78.5 cm³/mol. The first kappa shape index (κ1) is 10.6. The van der Waals surface area contributed by atoms with Crippen LogP contribution < -0.4 is 0 Å². The van der Waals surface area contributed by atoms with Gasteiger partial charge in [-0.15, -0.1) is 0 Å². The summed E-state index contributed by atoms with van der Waals surface area (Å²) in [5.41, 5.74) is 5.12. The second kappa shape index (κ2) is 3.58. The molecule has 0 atom stereocenters. The number of furan rings is 1. The zero-order valence-electron chi connectivity index (χ0n) is 10.9. The molecule has 2 heterocycles. The standard InChI is InChI=1S/C17H13NO/c1-10-9-18-16-15-13-6-4-3-5-12(13)7-8-14(15)19-17(16)11(10)2/h3-9H,1-2H3. The second-order valence-electron chi connectivity index (χ2n) is 5.01. The quantitative estimate of drug-likeness (QED) is 0.448. The molecule has 0 spiro atoms. The van der Waals surface area contributed by atoms with E-state index in [1.165, 1.54) is 16.3 Å². The lowest BCUT2D eigenvalue weighted by Gasteiger charge is -1.99. The first-order valence-corrected chi connectivity index (χ1v) is 6.42. The fourth-order valence-corrected chi connectivity index (χ4v) is 2.67. The lowest BCUT2D eigenvalue weighted by molar-refractivity contribution is 0.664. The van der Waals surface area contributed by atoms with Gasteiger partial charge in [0.2, 0.25) is 0 Å². The molecule has 0 radical (unpaired) electrons. The number of aryl methyl sites for hydroxylation is 2. The van der Waals surface area contributed by atoms with E-state index >= 15 is 0 Å². The molecular formula is C17H13NO. The molecular weight excluding hydrogens is 234 g/mol. The normalized spacial score (nSPS) is 11.7. The summed E-state index contributed by atoms with van der Waals surface area (Å²) >= 11 is 0. The van der Waals surface area contributed by atoms with E-state index < -0.39 is 0 Å². The number of fused-ring (bicyclic) bond motifs is 5. The van der Waals surface area contributed by atoms with Crippen LogP contribution in [0.5, 0.6) is 0 Å². The van der Waals surface area contributed by atoms with Gasteiger partial charge in [-0.2, -0.15) is 0 Å². The van der Waals surface area contributed by atoms with Gasteiger partial charge in [0.1, 0.15) is 11.1 Å². The third-order valence-electron chi connectivity index (χ3n) is 3.87. The van der Waals surface area contributed by atoms with Crippen molar-refractivity contribution < 1.29 is 4.42 Å². The Balaban J connectivity index is 2.34. The fourth-order valence-electron chi connectivity index (χ4n) is 2.67. The lowest BCUT2D eigenvalue weighted by atomic mass is 10.0. The summed E-state index contributed by atoms with van der Waals surface area (Å²) in [5, 5.41) is 3.54. The number of hydrogen-bond donors (Lipinski definition) is 0. The number of aromatic nitrogens is 1. The minimum Gasteiger partial charge on any atom is -0.454 e. The lowest BCUT2D eigenvalue weighted by Crippen LogP contribution is -1.84. The van der Waals surface area contributed by atoms with Gasteiger partial charge in [0.25, 0.3) is 0 Å². The van der Waals surface area contributed by atoms with Crippen LogP contribution in [0.1, 0.15) is 11.1 Å². The minimum atomic E-state index is 0.909. The maximum atomic E-state index is 6.01. The van der Waals surface area contributed by atoms with Crippen LogP contribution in [0.3, 0.4) is 0 Å². The third-order valence-corrected chi connectivity index (χ3v) is 3.87. The summed E-state index contributed by atoms with van der Waals surface area (Å²) in [5.74, 6) is 0. The monoisotopic (exact) mass is 247 g/mol. The summed E-state index contributed by atoms with van der Waals surface area (Å²) in [6, 6.07) is 12.5. The van der Waals surface area contributed by atoms with E-state index in [1.54, 1.807) is 0 Å². The van der Waals surface area contributed by atoms with Gasteiger partial charge < -0.3 is 4.42 Å². The smallest absolute Gasteiger partial charge is 0.157 e. The molecule has 0 amide bonds. The van der Waals surface area contributed by atoms with Crippen molar-refractivity contribution in [3.05, 3.63) is 53.7 Å². The van der Waals surface area contributed by atoms with Crippen molar-refractivity contribution >= 4 is 32.8 Å². The molecule has 0 aliphatic rings. The van der Waals surface area contributed by atoms with E-state index in [9.17, 15) is 0 Å². The Labute approximate surface area is 110 Å². The van der Waals surface area contributed by atoms with Crippen molar-refractivity contribution in [2.24, 2.45) is 0 Å². The predicted octanol–water partition coefficient (Wildman–Crippen LogP) is 4.75. The van der Waals surface area contributed by atoms with Gasteiger partial charge in [-0.1, -0.05) is 30.3 Å². The average molecular weight is 247 g/mol. The summed E-state index contributed by atoms with van der Waals surface area (Å²) in [6.45, 7) is 4.15. The Kier molecular flexibility index (Phi) is 1.99. The van der Waals surface area contributed by atoms with Crippen molar-refractivity contribution in [1.82, 2.24) is 4.98 Å². The van der Waals surface area contributed by atoms with Gasteiger partial charge in [-0.05, 0) is 41.8 Å². The highest BCUT2D eigenvalue weighted by Crippen LogP contribution is 2.35. The SMILES string of the molecule is Cc1cnc2c(oc3ccc4ccccc4c32)c1C. The number of pyridine rings is 1. The van der Waals surface area contributed by atoms with Crippen LogP contribution in [0.15, 0.2) is 47.0 Å². The molecule has 4 rings (SSSR count). The zero-order chi connectivity index (χ0) is 13.0.